The van der Waals surface area contributed by atoms with E-state index in [4.69, 9.17) is 16.3 Å². The lowest BCUT2D eigenvalue weighted by Crippen LogP contribution is -2.37. The van der Waals surface area contributed by atoms with Gasteiger partial charge >= 0.3 is 0 Å². The lowest BCUT2D eigenvalue weighted by atomic mass is 10.2. The number of nitrogens with zero attached hydrogens (tertiary/aromatic N) is 1. The van der Waals surface area contributed by atoms with Crippen LogP contribution in [0.25, 0.3) is 0 Å². The largest absolute Gasteiger partial charge is 0.489 e. The molecule has 3 rings (SSSR count). The maximum Gasteiger partial charge on any atom is 0.120 e. The second-order valence-electron chi connectivity index (χ2n) is 6.62. The fourth-order valence-electron chi connectivity index (χ4n) is 3.46. The molecule has 0 aliphatic carbocycles. The van der Waals surface area contributed by atoms with E-state index in [1.54, 1.807) is 0 Å². The van der Waals surface area contributed by atoms with Crippen molar-refractivity contribution in [1.29, 1.82) is 0 Å². The van der Waals surface area contributed by atoms with Gasteiger partial charge in [0, 0.05) is 24.2 Å². The molecule has 0 unspecified atom stereocenters. The van der Waals surface area contributed by atoms with Gasteiger partial charge in [-0.05, 0) is 61.3 Å². The Morgan fingerprint density at radius 3 is 2.84 bits per heavy atom. The highest BCUT2D eigenvalue weighted by molar-refractivity contribution is 6.30. The smallest absolute Gasteiger partial charge is 0.120 e. The van der Waals surface area contributed by atoms with Crippen molar-refractivity contribution in [2.75, 3.05) is 19.6 Å². The second kappa shape index (κ2) is 9.23. The maximum atomic E-state index is 6.02. The van der Waals surface area contributed by atoms with Gasteiger partial charge < -0.3 is 10.1 Å². The molecule has 0 bridgehead atoms. The zero-order chi connectivity index (χ0) is 17.5. The molecule has 2 aromatic rings. The zero-order valence-electron chi connectivity index (χ0n) is 14.9. The van der Waals surface area contributed by atoms with Crippen molar-refractivity contribution in [3.63, 3.8) is 0 Å². The Balaban J connectivity index is 1.48. The topological polar surface area (TPSA) is 24.5 Å². The first kappa shape index (κ1) is 18.2. The summed E-state index contributed by atoms with van der Waals surface area (Å²) in [4.78, 5) is 2.57. The van der Waals surface area contributed by atoms with Gasteiger partial charge in [0.2, 0.25) is 0 Å². The van der Waals surface area contributed by atoms with Crippen molar-refractivity contribution in [3.05, 3.63) is 64.7 Å². The van der Waals surface area contributed by atoms with Gasteiger partial charge in [-0.2, -0.15) is 0 Å². The summed E-state index contributed by atoms with van der Waals surface area (Å²) >= 11 is 6.02. The molecule has 1 fully saturated rings. The van der Waals surface area contributed by atoms with E-state index in [0.29, 0.717) is 12.6 Å². The van der Waals surface area contributed by atoms with Crippen LogP contribution in [0, 0.1) is 0 Å². The molecule has 2 aromatic carbocycles. The van der Waals surface area contributed by atoms with E-state index in [2.05, 4.69) is 35.3 Å². The number of ether oxygens (including phenoxy) is 1. The number of hydrogen-bond donors (Lipinski definition) is 1. The van der Waals surface area contributed by atoms with Crippen molar-refractivity contribution < 1.29 is 4.74 Å². The molecule has 0 aromatic heterocycles. The minimum Gasteiger partial charge on any atom is -0.489 e. The fourth-order valence-corrected chi connectivity index (χ4v) is 3.68. The number of likely N-dealkylation sites (tertiary alicyclic amines) is 1. The summed E-state index contributed by atoms with van der Waals surface area (Å²) < 4.78 is 5.91. The number of nitrogens with one attached hydrogen (secondary N) is 1. The lowest BCUT2D eigenvalue weighted by molar-refractivity contribution is 0.260. The third-order valence-electron chi connectivity index (χ3n) is 4.81. The van der Waals surface area contributed by atoms with E-state index in [0.717, 1.165) is 36.0 Å². The Bertz CT molecular complexity index is 676. The van der Waals surface area contributed by atoms with E-state index < -0.39 is 0 Å². The van der Waals surface area contributed by atoms with Gasteiger partial charge in [0.05, 0.1) is 0 Å². The maximum absolute atomic E-state index is 6.02. The van der Waals surface area contributed by atoms with Crippen LogP contribution in [0.15, 0.2) is 48.5 Å². The Morgan fingerprint density at radius 1 is 1.16 bits per heavy atom. The molecule has 3 nitrogen and oxygen atoms in total. The summed E-state index contributed by atoms with van der Waals surface area (Å²) in [6, 6.07) is 16.8. The van der Waals surface area contributed by atoms with Crippen LogP contribution in [0.2, 0.25) is 5.02 Å². The van der Waals surface area contributed by atoms with Gasteiger partial charge in [-0.1, -0.05) is 42.8 Å². The summed E-state index contributed by atoms with van der Waals surface area (Å²) in [5.74, 6) is 0.898. The molecule has 25 heavy (non-hydrogen) atoms. The van der Waals surface area contributed by atoms with Crippen LogP contribution in [0.4, 0.5) is 0 Å². The van der Waals surface area contributed by atoms with Gasteiger partial charge in [0.25, 0.3) is 0 Å². The molecular formula is C21H27ClN2O. The summed E-state index contributed by atoms with van der Waals surface area (Å²) in [6.07, 6.45) is 2.64. The third kappa shape index (κ3) is 5.46. The van der Waals surface area contributed by atoms with Crippen molar-refractivity contribution in [1.82, 2.24) is 10.2 Å². The van der Waals surface area contributed by atoms with Crippen LogP contribution >= 0.6 is 11.6 Å². The summed E-state index contributed by atoms with van der Waals surface area (Å²) in [5, 5.41) is 4.34. The minimum absolute atomic E-state index is 0.533. The quantitative estimate of drug-likeness (QED) is 0.752. The second-order valence-corrected chi connectivity index (χ2v) is 7.06. The number of halogens is 1. The van der Waals surface area contributed by atoms with Crippen molar-refractivity contribution in [2.45, 2.75) is 39.0 Å². The first-order valence-electron chi connectivity index (χ1n) is 9.15. The Morgan fingerprint density at radius 2 is 2.00 bits per heavy atom. The summed E-state index contributed by atoms with van der Waals surface area (Å²) in [5.41, 5.74) is 2.33. The number of rotatable bonds is 8. The first-order chi connectivity index (χ1) is 12.2. The van der Waals surface area contributed by atoms with Gasteiger partial charge in [-0.15, -0.1) is 0 Å². The Labute approximate surface area is 155 Å². The predicted molar refractivity (Wildman–Crippen MR) is 104 cm³/mol. The average molecular weight is 359 g/mol. The van der Waals surface area contributed by atoms with E-state index >= 15 is 0 Å². The predicted octanol–water partition coefficient (Wildman–Crippen LogP) is 4.49. The van der Waals surface area contributed by atoms with Gasteiger partial charge in [-0.25, -0.2) is 0 Å². The molecule has 0 spiro atoms. The van der Waals surface area contributed by atoms with Crippen molar-refractivity contribution in [3.8, 4) is 5.75 Å². The van der Waals surface area contributed by atoms with Gasteiger partial charge in [-0.3, -0.25) is 4.90 Å². The molecule has 1 atom stereocenters. The van der Waals surface area contributed by atoms with Gasteiger partial charge in [0.1, 0.15) is 12.4 Å². The first-order valence-corrected chi connectivity index (χ1v) is 9.53. The Kier molecular flexibility index (Phi) is 6.74. The monoisotopic (exact) mass is 358 g/mol. The standard InChI is InChI=1S/C21H27ClN2O/c1-2-24-11-5-9-20(24)15-23-14-17-6-4-10-21(13-17)25-16-18-7-3-8-19(22)12-18/h3-4,6-8,10,12-13,20,23H,2,5,9,11,14-16H2,1H3/t20-/m1/s1. The number of hydrogen-bond acceptors (Lipinski definition) is 3. The molecule has 1 aliphatic heterocycles. The molecule has 0 saturated carbocycles. The van der Waals surface area contributed by atoms with E-state index in [9.17, 15) is 0 Å². The highest BCUT2D eigenvalue weighted by Crippen LogP contribution is 2.18. The molecule has 1 N–H and O–H groups in total. The van der Waals surface area contributed by atoms with Crippen molar-refractivity contribution in [2.24, 2.45) is 0 Å². The van der Waals surface area contributed by atoms with Crippen LogP contribution in [0.1, 0.15) is 30.9 Å². The molecule has 1 aliphatic rings. The van der Waals surface area contributed by atoms with Crippen LogP contribution < -0.4 is 10.1 Å². The third-order valence-corrected chi connectivity index (χ3v) is 5.04. The molecule has 1 heterocycles. The highest BCUT2D eigenvalue weighted by atomic mass is 35.5. The molecule has 4 heteroatoms. The van der Waals surface area contributed by atoms with E-state index in [-0.39, 0.29) is 0 Å². The number of benzene rings is 2. The normalized spacial score (nSPS) is 17.8. The minimum atomic E-state index is 0.533. The number of likely N-dealkylation sites (N-methyl/N-ethyl adjacent to an activating group) is 1. The summed E-state index contributed by atoms with van der Waals surface area (Å²) in [7, 11) is 0. The highest BCUT2D eigenvalue weighted by Gasteiger charge is 2.21. The fraction of sp³-hybridized carbons (Fsp3) is 0.429. The summed E-state index contributed by atoms with van der Waals surface area (Å²) in [6.45, 7) is 7.11. The molecule has 134 valence electrons. The zero-order valence-corrected chi connectivity index (χ0v) is 15.6. The van der Waals surface area contributed by atoms with Crippen molar-refractivity contribution >= 4 is 11.6 Å². The average Bonchev–Trinajstić information content (AvgIpc) is 3.08. The van der Waals surface area contributed by atoms with Crippen LogP contribution in [0.5, 0.6) is 5.75 Å². The SMILES string of the molecule is CCN1CCC[C@@H]1CNCc1cccc(OCc2cccc(Cl)c2)c1. The van der Waals surface area contributed by atoms with E-state index in [1.165, 1.54) is 24.9 Å². The molecule has 0 amide bonds. The molecule has 0 radical (unpaired) electrons. The van der Waals surface area contributed by atoms with Crippen LogP contribution in [-0.4, -0.2) is 30.6 Å². The lowest BCUT2D eigenvalue weighted by Gasteiger charge is -2.23. The Hall–Kier alpha value is -1.55. The molecule has 1 saturated heterocycles. The van der Waals surface area contributed by atoms with Gasteiger partial charge in [0.15, 0.2) is 0 Å². The van der Waals surface area contributed by atoms with Crippen LogP contribution in [-0.2, 0) is 13.2 Å². The van der Waals surface area contributed by atoms with Crippen LogP contribution in [0.3, 0.4) is 0 Å². The van der Waals surface area contributed by atoms with E-state index in [1.807, 2.05) is 30.3 Å². The molecular weight excluding hydrogens is 332 g/mol.